The molecule has 1 N–H and O–H groups in total. The van der Waals surface area contributed by atoms with Gasteiger partial charge in [-0.3, -0.25) is 0 Å². The Morgan fingerprint density at radius 1 is 1.11 bits per heavy atom. The van der Waals surface area contributed by atoms with Crippen molar-refractivity contribution in [2.45, 2.75) is 52.0 Å². The van der Waals surface area contributed by atoms with Gasteiger partial charge < -0.3 is 15.1 Å². The van der Waals surface area contributed by atoms with Gasteiger partial charge in [-0.2, -0.15) is 0 Å². The largest absolute Gasteiger partial charge is 0.313 e. The Balaban J connectivity index is 2.08. The summed E-state index contributed by atoms with van der Waals surface area (Å²) in [5.74, 6) is 0.925. The van der Waals surface area contributed by atoms with Gasteiger partial charge in [-0.25, -0.2) is 0 Å². The van der Waals surface area contributed by atoms with Gasteiger partial charge in [0.05, 0.1) is 0 Å². The minimum Gasteiger partial charge on any atom is -0.313 e. The maximum absolute atomic E-state index is 3.76. The van der Waals surface area contributed by atoms with Crippen molar-refractivity contribution in [3.63, 3.8) is 0 Å². The van der Waals surface area contributed by atoms with E-state index in [1.54, 1.807) is 0 Å². The highest BCUT2D eigenvalue weighted by atomic mass is 15.1. The summed E-state index contributed by atoms with van der Waals surface area (Å²) < 4.78 is 0. The predicted molar refractivity (Wildman–Crippen MR) is 84.7 cm³/mol. The third-order valence-corrected chi connectivity index (χ3v) is 4.32. The average molecular weight is 269 g/mol. The summed E-state index contributed by atoms with van der Waals surface area (Å²) in [5, 5.41) is 3.76. The van der Waals surface area contributed by atoms with Crippen LogP contribution in [0.25, 0.3) is 0 Å². The van der Waals surface area contributed by atoms with Crippen LogP contribution in [0.5, 0.6) is 0 Å². The second kappa shape index (κ2) is 9.73. The van der Waals surface area contributed by atoms with Gasteiger partial charge in [0.25, 0.3) is 0 Å². The summed E-state index contributed by atoms with van der Waals surface area (Å²) >= 11 is 0. The molecule has 1 aliphatic carbocycles. The molecular formula is C16H35N3. The van der Waals surface area contributed by atoms with Crippen LogP contribution in [-0.2, 0) is 0 Å². The topological polar surface area (TPSA) is 18.5 Å². The minimum atomic E-state index is 0.782. The molecule has 0 spiro atoms. The molecule has 0 saturated heterocycles. The first-order valence-electron chi connectivity index (χ1n) is 8.22. The lowest BCUT2D eigenvalue weighted by Gasteiger charge is -2.29. The first-order chi connectivity index (χ1) is 9.11. The molecule has 0 aromatic carbocycles. The quantitative estimate of drug-likeness (QED) is 0.693. The Kier molecular flexibility index (Phi) is 8.67. The summed E-state index contributed by atoms with van der Waals surface area (Å²) in [4.78, 5) is 4.85. The number of hydrogen-bond donors (Lipinski definition) is 1. The predicted octanol–water partition coefficient (Wildman–Crippen LogP) is 2.43. The van der Waals surface area contributed by atoms with E-state index in [1.165, 1.54) is 58.3 Å². The monoisotopic (exact) mass is 269 g/mol. The van der Waals surface area contributed by atoms with Crippen molar-refractivity contribution in [3.8, 4) is 0 Å². The van der Waals surface area contributed by atoms with E-state index in [4.69, 9.17) is 0 Å². The van der Waals surface area contributed by atoms with E-state index < -0.39 is 0 Å². The summed E-state index contributed by atoms with van der Waals surface area (Å²) in [6.07, 6.45) is 6.90. The van der Waals surface area contributed by atoms with Crippen molar-refractivity contribution in [2.75, 3.05) is 46.8 Å². The fourth-order valence-electron chi connectivity index (χ4n) is 3.08. The smallest absolute Gasteiger partial charge is 0.0107 e. The second-order valence-corrected chi connectivity index (χ2v) is 6.51. The van der Waals surface area contributed by atoms with E-state index in [0.717, 1.165) is 18.5 Å². The normalized spacial score (nSPS) is 24.3. The highest BCUT2D eigenvalue weighted by molar-refractivity contribution is 4.76. The zero-order chi connectivity index (χ0) is 14.1. The first-order valence-corrected chi connectivity index (χ1v) is 8.22. The third-order valence-electron chi connectivity index (χ3n) is 4.32. The maximum atomic E-state index is 3.76. The van der Waals surface area contributed by atoms with Crippen molar-refractivity contribution in [1.82, 2.24) is 15.1 Å². The van der Waals surface area contributed by atoms with Gasteiger partial charge in [-0.1, -0.05) is 26.7 Å². The third kappa shape index (κ3) is 7.91. The molecule has 1 rings (SSSR count). The molecule has 2 atom stereocenters. The molecule has 0 aromatic heterocycles. The highest BCUT2D eigenvalue weighted by Gasteiger charge is 2.17. The highest BCUT2D eigenvalue weighted by Crippen LogP contribution is 2.23. The molecule has 1 aliphatic rings. The van der Waals surface area contributed by atoms with Crippen LogP contribution < -0.4 is 5.32 Å². The van der Waals surface area contributed by atoms with Crippen LogP contribution in [0.15, 0.2) is 0 Å². The van der Waals surface area contributed by atoms with E-state index >= 15 is 0 Å². The molecule has 2 unspecified atom stereocenters. The van der Waals surface area contributed by atoms with Gasteiger partial charge in [0.1, 0.15) is 0 Å². The molecule has 3 heteroatoms. The van der Waals surface area contributed by atoms with E-state index in [9.17, 15) is 0 Å². The molecule has 0 bridgehead atoms. The molecule has 19 heavy (non-hydrogen) atoms. The standard InChI is InChI=1S/C16H35N3/c1-5-19(12-7-11-18(3)4)13-10-17-16-9-6-8-15(2)14-16/h15-17H,5-14H2,1-4H3. The Morgan fingerprint density at radius 2 is 1.89 bits per heavy atom. The summed E-state index contributed by atoms with van der Waals surface area (Å²) in [6, 6.07) is 0.782. The van der Waals surface area contributed by atoms with Crippen LogP contribution in [0.2, 0.25) is 0 Å². The molecule has 0 aliphatic heterocycles. The molecule has 1 fully saturated rings. The number of likely N-dealkylation sites (N-methyl/N-ethyl adjacent to an activating group) is 1. The van der Waals surface area contributed by atoms with Gasteiger partial charge in [-0.05, 0) is 58.9 Å². The van der Waals surface area contributed by atoms with Gasteiger partial charge in [0.2, 0.25) is 0 Å². The molecular weight excluding hydrogens is 234 g/mol. The Labute approximate surface area is 120 Å². The van der Waals surface area contributed by atoms with Crippen LogP contribution in [0.1, 0.15) is 46.0 Å². The second-order valence-electron chi connectivity index (χ2n) is 6.51. The molecule has 0 amide bonds. The van der Waals surface area contributed by atoms with Crippen molar-refractivity contribution in [3.05, 3.63) is 0 Å². The number of hydrogen-bond acceptors (Lipinski definition) is 3. The summed E-state index contributed by atoms with van der Waals surface area (Å²) in [5.41, 5.74) is 0. The molecule has 3 nitrogen and oxygen atoms in total. The fourth-order valence-corrected chi connectivity index (χ4v) is 3.08. The summed E-state index contributed by atoms with van der Waals surface area (Å²) in [7, 11) is 4.31. The Morgan fingerprint density at radius 3 is 2.53 bits per heavy atom. The Hall–Kier alpha value is -0.120. The van der Waals surface area contributed by atoms with Crippen molar-refractivity contribution in [1.29, 1.82) is 0 Å². The van der Waals surface area contributed by atoms with E-state index in [-0.39, 0.29) is 0 Å². The van der Waals surface area contributed by atoms with Crippen molar-refractivity contribution < 1.29 is 0 Å². The number of nitrogens with one attached hydrogen (secondary N) is 1. The van der Waals surface area contributed by atoms with Crippen LogP contribution >= 0.6 is 0 Å². The van der Waals surface area contributed by atoms with Crippen LogP contribution in [0.3, 0.4) is 0 Å². The molecule has 0 radical (unpaired) electrons. The van der Waals surface area contributed by atoms with Crippen LogP contribution in [-0.4, -0.2) is 62.7 Å². The lowest BCUT2D eigenvalue weighted by atomic mass is 9.87. The van der Waals surface area contributed by atoms with Gasteiger partial charge >= 0.3 is 0 Å². The lowest BCUT2D eigenvalue weighted by Crippen LogP contribution is -2.39. The number of rotatable bonds is 9. The fraction of sp³-hybridized carbons (Fsp3) is 1.00. The average Bonchev–Trinajstić information content (AvgIpc) is 2.36. The minimum absolute atomic E-state index is 0.782. The SMILES string of the molecule is CCN(CCCN(C)C)CCNC1CCCC(C)C1. The maximum Gasteiger partial charge on any atom is 0.0107 e. The lowest BCUT2D eigenvalue weighted by molar-refractivity contribution is 0.247. The summed E-state index contributed by atoms with van der Waals surface area (Å²) in [6.45, 7) is 10.6. The molecule has 1 saturated carbocycles. The molecule has 0 heterocycles. The van der Waals surface area contributed by atoms with E-state index in [2.05, 4.69) is 43.1 Å². The zero-order valence-electron chi connectivity index (χ0n) is 13.6. The van der Waals surface area contributed by atoms with Crippen molar-refractivity contribution >= 4 is 0 Å². The molecule has 0 aromatic rings. The van der Waals surface area contributed by atoms with Gasteiger partial charge in [-0.15, -0.1) is 0 Å². The van der Waals surface area contributed by atoms with E-state index in [1.807, 2.05) is 0 Å². The van der Waals surface area contributed by atoms with Gasteiger partial charge in [0.15, 0.2) is 0 Å². The zero-order valence-corrected chi connectivity index (χ0v) is 13.6. The van der Waals surface area contributed by atoms with Crippen molar-refractivity contribution in [2.24, 2.45) is 5.92 Å². The van der Waals surface area contributed by atoms with E-state index in [0.29, 0.717) is 0 Å². The first kappa shape index (κ1) is 16.9. The van der Waals surface area contributed by atoms with Crippen LogP contribution in [0, 0.1) is 5.92 Å². The van der Waals surface area contributed by atoms with Crippen LogP contribution in [0.4, 0.5) is 0 Å². The number of nitrogens with zero attached hydrogens (tertiary/aromatic N) is 2. The molecule has 114 valence electrons. The Bertz CT molecular complexity index is 218. The van der Waals surface area contributed by atoms with Gasteiger partial charge in [0, 0.05) is 19.1 Å².